The van der Waals surface area contributed by atoms with E-state index in [4.69, 9.17) is 0 Å². The summed E-state index contributed by atoms with van der Waals surface area (Å²) in [7, 11) is 0. The highest BCUT2D eigenvalue weighted by molar-refractivity contribution is 7.90. The monoisotopic (exact) mass is 215 g/mol. The third kappa shape index (κ3) is 4.90. The molecule has 0 rings (SSSR count). The predicted molar refractivity (Wildman–Crippen MR) is 63.1 cm³/mol. The fourth-order valence-electron chi connectivity index (χ4n) is 0.780. The molecule has 0 aromatic rings. The molecule has 2 atom stereocenters. The molecule has 0 amide bonds. The second-order valence-electron chi connectivity index (χ2n) is 4.61. The topological polar surface area (TPSA) is 35.1 Å². The van der Waals surface area contributed by atoms with Crippen LogP contribution in [-0.4, -0.2) is 15.3 Å². The van der Waals surface area contributed by atoms with E-state index >= 15 is 0 Å². The molecule has 0 heterocycles. The lowest BCUT2D eigenvalue weighted by Gasteiger charge is -2.27. The smallest absolute Gasteiger partial charge is 0.136 e. The van der Waals surface area contributed by atoms with E-state index in [-0.39, 0.29) is 10.8 Å². The first kappa shape index (κ1) is 13.8. The van der Waals surface area contributed by atoms with Crippen molar-refractivity contribution >= 4 is 11.4 Å². The first-order chi connectivity index (χ1) is 6.29. The van der Waals surface area contributed by atoms with Crippen molar-refractivity contribution in [3.8, 4) is 11.8 Å². The Balaban J connectivity index is 4.36. The van der Waals surface area contributed by atoms with E-state index in [1.165, 1.54) is 0 Å². The lowest BCUT2D eigenvalue weighted by molar-refractivity contribution is 0.498. The Morgan fingerprint density at radius 3 is 2.07 bits per heavy atom. The molecule has 0 radical (unpaired) electrons. The lowest BCUT2D eigenvalue weighted by Crippen LogP contribution is -2.46. The van der Waals surface area contributed by atoms with Crippen LogP contribution in [0.15, 0.2) is 0 Å². The number of hydrogen-bond donors (Lipinski definition) is 1. The van der Waals surface area contributed by atoms with Crippen LogP contribution >= 0.6 is 0 Å². The first-order valence-electron chi connectivity index (χ1n) is 4.89. The van der Waals surface area contributed by atoms with Crippen LogP contribution in [0.3, 0.4) is 0 Å². The van der Waals surface area contributed by atoms with E-state index in [0.29, 0.717) is 5.92 Å². The minimum absolute atomic E-state index is 0.0139. The minimum Gasteiger partial charge on any atom is -0.598 e. The van der Waals surface area contributed by atoms with Gasteiger partial charge in [-0.25, -0.2) is 0 Å². The van der Waals surface area contributed by atoms with Crippen molar-refractivity contribution in [2.45, 2.75) is 52.3 Å². The van der Waals surface area contributed by atoms with Gasteiger partial charge in [0.1, 0.15) is 10.8 Å². The van der Waals surface area contributed by atoms with Crippen molar-refractivity contribution < 1.29 is 4.55 Å². The second-order valence-corrected chi connectivity index (χ2v) is 6.61. The number of hydrogen-bond acceptors (Lipinski definition) is 2. The summed E-state index contributed by atoms with van der Waals surface area (Å²) in [4.78, 5) is 0. The average molecular weight is 215 g/mol. The largest absolute Gasteiger partial charge is 0.598 e. The molecule has 0 unspecified atom stereocenters. The SMILES string of the molecule is CC#C[C@@H](N[S@@+]([O-])C(C)(C)C)C(C)C. The van der Waals surface area contributed by atoms with Crippen LogP contribution in [0.5, 0.6) is 0 Å². The molecule has 0 aliphatic heterocycles. The van der Waals surface area contributed by atoms with Crippen LogP contribution in [0.2, 0.25) is 0 Å². The van der Waals surface area contributed by atoms with E-state index in [1.807, 2.05) is 20.8 Å². The average Bonchev–Trinajstić information content (AvgIpc) is 2.01. The van der Waals surface area contributed by atoms with Crippen molar-refractivity contribution in [1.29, 1.82) is 0 Å². The zero-order valence-electron chi connectivity index (χ0n) is 9.97. The van der Waals surface area contributed by atoms with E-state index in [9.17, 15) is 4.55 Å². The molecule has 0 aliphatic rings. The maximum absolute atomic E-state index is 11.8. The fourth-order valence-corrected chi connectivity index (χ4v) is 1.70. The van der Waals surface area contributed by atoms with Gasteiger partial charge in [0.25, 0.3) is 0 Å². The van der Waals surface area contributed by atoms with Gasteiger partial charge in [-0.3, -0.25) is 0 Å². The molecule has 0 fully saturated rings. The Morgan fingerprint density at radius 1 is 1.29 bits per heavy atom. The molecule has 0 saturated heterocycles. The van der Waals surface area contributed by atoms with Gasteiger partial charge in [0.2, 0.25) is 0 Å². The van der Waals surface area contributed by atoms with E-state index < -0.39 is 11.4 Å². The van der Waals surface area contributed by atoms with Gasteiger partial charge in [-0.05, 0) is 33.6 Å². The Labute approximate surface area is 91.2 Å². The van der Waals surface area contributed by atoms with Gasteiger partial charge in [0.15, 0.2) is 0 Å². The highest BCUT2D eigenvalue weighted by atomic mass is 32.2. The van der Waals surface area contributed by atoms with Crippen molar-refractivity contribution in [3.05, 3.63) is 0 Å². The molecule has 2 nitrogen and oxygen atoms in total. The molecule has 3 heteroatoms. The van der Waals surface area contributed by atoms with Crippen LogP contribution in [-0.2, 0) is 11.4 Å². The van der Waals surface area contributed by atoms with Gasteiger partial charge in [-0.15, -0.1) is 10.6 Å². The van der Waals surface area contributed by atoms with Crippen molar-refractivity contribution in [2.24, 2.45) is 5.92 Å². The van der Waals surface area contributed by atoms with Gasteiger partial charge in [0, 0.05) is 11.4 Å². The Morgan fingerprint density at radius 2 is 1.79 bits per heavy atom. The Kier molecular flexibility index (Phi) is 5.58. The molecule has 0 saturated carbocycles. The number of rotatable bonds is 3. The minimum atomic E-state index is -1.04. The summed E-state index contributed by atoms with van der Waals surface area (Å²) in [6, 6.07) is 0.0139. The summed E-state index contributed by atoms with van der Waals surface area (Å²) in [6.07, 6.45) is 0. The first-order valence-corrected chi connectivity index (χ1v) is 6.04. The number of nitrogens with one attached hydrogen (secondary N) is 1. The standard InChI is InChI=1S/C11H21NOS/c1-7-8-10(9(2)3)12-14(13)11(4,5)6/h9-10,12H,1-6H3/t10-,14+/m1/s1. The Bertz CT molecular complexity index is 222. The molecule has 0 bridgehead atoms. The van der Waals surface area contributed by atoms with Crippen LogP contribution in [0.4, 0.5) is 0 Å². The molecule has 0 aliphatic carbocycles. The maximum Gasteiger partial charge on any atom is 0.136 e. The third-order valence-corrected chi connectivity index (χ3v) is 3.34. The zero-order valence-corrected chi connectivity index (χ0v) is 10.8. The molecule has 82 valence electrons. The summed E-state index contributed by atoms with van der Waals surface area (Å²) >= 11 is -1.04. The Hall–Kier alpha value is -0.170. The van der Waals surface area contributed by atoms with Crippen LogP contribution in [0, 0.1) is 17.8 Å². The van der Waals surface area contributed by atoms with E-state index in [2.05, 4.69) is 30.4 Å². The fraction of sp³-hybridized carbons (Fsp3) is 0.818. The van der Waals surface area contributed by atoms with Crippen LogP contribution < -0.4 is 4.72 Å². The summed E-state index contributed by atoms with van der Waals surface area (Å²) < 4.78 is 14.6. The molecular weight excluding hydrogens is 194 g/mol. The van der Waals surface area contributed by atoms with Crippen molar-refractivity contribution in [2.75, 3.05) is 0 Å². The summed E-state index contributed by atoms with van der Waals surface area (Å²) in [5, 5.41) is 0. The summed E-state index contributed by atoms with van der Waals surface area (Å²) in [5.74, 6) is 6.26. The van der Waals surface area contributed by atoms with Gasteiger partial charge >= 0.3 is 0 Å². The summed E-state index contributed by atoms with van der Waals surface area (Å²) in [5.41, 5.74) is 0. The second kappa shape index (κ2) is 5.65. The molecule has 0 aromatic carbocycles. The lowest BCUT2D eigenvalue weighted by atomic mass is 10.1. The van der Waals surface area contributed by atoms with Gasteiger partial charge in [0.05, 0.1) is 0 Å². The maximum atomic E-state index is 11.8. The molecule has 1 N–H and O–H groups in total. The van der Waals surface area contributed by atoms with Gasteiger partial charge < -0.3 is 4.55 Å². The van der Waals surface area contributed by atoms with Gasteiger partial charge in [-0.1, -0.05) is 19.8 Å². The van der Waals surface area contributed by atoms with E-state index in [0.717, 1.165) is 0 Å². The molecule has 0 aromatic heterocycles. The normalized spacial score (nSPS) is 16.0. The van der Waals surface area contributed by atoms with Crippen molar-refractivity contribution in [1.82, 2.24) is 4.72 Å². The molecule has 0 spiro atoms. The van der Waals surface area contributed by atoms with Gasteiger partial charge in [-0.2, -0.15) is 0 Å². The van der Waals surface area contributed by atoms with Crippen molar-refractivity contribution in [3.63, 3.8) is 0 Å². The van der Waals surface area contributed by atoms with E-state index in [1.54, 1.807) is 6.92 Å². The van der Waals surface area contributed by atoms with Crippen LogP contribution in [0.1, 0.15) is 41.5 Å². The third-order valence-electron chi connectivity index (χ3n) is 1.76. The zero-order chi connectivity index (χ0) is 11.4. The quantitative estimate of drug-likeness (QED) is 0.578. The highest BCUT2D eigenvalue weighted by Gasteiger charge is 2.29. The molecular formula is C11H21NOS. The summed E-state index contributed by atoms with van der Waals surface area (Å²) in [6.45, 7) is 11.8. The predicted octanol–water partition coefficient (Wildman–Crippen LogP) is 2.09. The highest BCUT2D eigenvalue weighted by Crippen LogP contribution is 2.15. The van der Waals surface area contributed by atoms with Crippen LogP contribution in [0.25, 0.3) is 0 Å². The molecule has 14 heavy (non-hydrogen) atoms.